The van der Waals surface area contributed by atoms with Gasteiger partial charge in [-0.2, -0.15) is 10.5 Å². The number of rotatable bonds is 0. The molecule has 25 heavy (non-hydrogen) atoms. The van der Waals surface area contributed by atoms with E-state index in [1.165, 1.54) is 12.2 Å². The first-order valence-electron chi connectivity index (χ1n) is 8.12. The Balaban J connectivity index is 2.31. The Morgan fingerprint density at radius 1 is 1.24 bits per heavy atom. The monoisotopic (exact) mass is 331 g/mol. The zero-order chi connectivity index (χ0) is 18.6. The minimum absolute atomic E-state index is 0.0205. The van der Waals surface area contributed by atoms with Crippen LogP contribution in [0.2, 0.25) is 0 Å². The molecule has 0 aromatic heterocycles. The smallest absolute Gasteiger partial charge is 0.226 e. The van der Waals surface area contributed by atoms with Crippen LogP contribution in [0.5, 0.6) is 0 Å². The minimum Gasteiger partial charge on any atom is -0.307 e. The lowest BCUT2D eigenvalue weighted by Gasteiger charge is -2.56. The molecule has 5 heteroatoms. The Kier molecular flexibility index (Phi) is 3.38. The van der Waals surface area contributed by atoms with Crippen molar-refractivity contribution in [3.8, 4) is 12.1 Å². The molecule has 3 rings (SSSR count). The van der Waals surface area contributed by atoms with Gasteiger partial charge < -0.3 is 4.79 Å². The van der Waals surface area contributed by atoms with Crippen molar-refractivity contribution in [2.24, 2.45) is 22.2 Å². The van der Waals surface area contributed by atoms with Crippen molar-refractivity contribution in [3.63, 3.8) is 0 Å². The van der Waals surface area contributed by atoms with E-state index in [2.05, 4.69) is 10.9 Å². The molecular weight excluding hydrogens is 314 g/mol. The first kappa shape index (κ1) is 16.9. The van der Waals surface area contributed by atoms with Crippen LogP contribution in [0.3, 0.4) is 0 Å². The molecule has 0 amide bonds. The number of hydrogen-bond donors (Lipinski definition) is 0. The fourth-order valence-electron chi connectivity index (χ4n) is 4.88. The lowest BCUT2D eigenvalue weighted by atomic mass is 9.46. The second-order valence-electron chi connectivity index (χ2n) is 7.74. The van der Waals surface area contributed by atoms with Crippen molar-refractivity contribution in [3.05, 3.63) is 46.5 Å². The largest absolute Gasteiger partial charge is 0.307 e. The fourth-order valence-corrected chi connectivity index (χ4v) is 4.88. The summed E-state index contributed by atoms with van der Waals surface area (Å²) in [5.74, 6) is -0.723. The van der Waals surface area contributed by atoms with Crippen molar-refractivity contribution in [2.45, 2.75) is 33.6 Å². The molecule has 5 nitrogen and oxygen atoms in total. The van der Waals surface area contributed by atoms with Gasteiger partial charge >= 0.3 is 0 Å². The number of carbonyl (C=O) groups is 2. The lowest BCUT2D eigenvalue weighted by Crippen LogP contribution is -2.53. The molecule has 3 aliphatic rings. The molecule has 0 N–H and O–H groups in total. The Morgan fingerprint density at radius 3 is 2.48 bits per heavy atom. The highest BCUT2D eigenvalue weighted by Crippen LogP contribution is 2.63. The van der Waals surface area contributed by atoms with E-state index in [1.54, 1.807) is 6.08 Å². The number of fused-ring (bicyclic) bond motifs is 3. The molecule has 0 bridgehead atoms. The maximum absolute atomic E-state index is 12.7. The summed E-state index contributed by atoms with van der Waals surface area (Å²) in [4.78, 5) is 28.4. The van der Waals surface area contributed by atoms with Crippen LogP contribution in [-0.2, 0) is 9.59 Å². The van der Waals surface area contributed by atoms with Crippen LogP contribution in [0.15, 0.2) is 35.1 Å². The molecule has 0 saturated heterocycles. The molecule has 0 aromatic rings. The van der Waals surface area contributed by atoms with E-state index in [0.29, 0.717) is 18.4 Å². The van der Waals surface area contributed by atoms with Gasteiger partial charge in [-0.1, -0.05) is 26.8 Å². The van der Waals surface area contributed by atoms with Crippen molar-refractivity contribution < 1.29 is 9.59 Å². The quantitative estimate of drug-likeness (QED) is 0.637. The van der Waals surface area contributed by atoms with E-state index in [1.807, 2.05) is 26.8 Å². The molecular formula is C20H17N3O2. The first-order valence-corrected chi connectivity index (χ1v) is 8.12. The van der Waals surface area contributed by atoms with Gasteiger partial charge in [0.25, 0.3) is 0 Å². The van der Waals surface area contributed by atoms with Crippen LogP contribution in [-0.4, -0.2) is 11.6 Å². The predicted molar refractivity (Wildman–Crippen MR) is 89.1 cm³/mol. The summed E-state index contributed by atoms with van der Waals surface area (Å²) in [6.45, 7) is 12.9. The Bertz CT molecular complexity index is 929. The summed E-state index contributed by atoms with van der Waals surface area (Å²) >= 11 is 0. The van der Waals surface area contributed by atoms with Gasteiger partial charge in [-0.15, -0.1) is 0 Å². The maximum atomic E-state index is 12.7. The van der Waals surface area contributed by atoms with Crippen molar-refractivity contribution in [1.29, 1.82) is 10.5 Å². The summed E-state index contributed by atoms with van der Waals surface area (Å²) < 4.78 is 0. The number of nitrogens with zero attached hydrogens (tertiary/aromatic N) is 3. The summed E-state index contributed by atoms with van der Waals surface area (Å²) in [6, 6.07) is 4.17. The number of Topliss-reactive ketones (excluding diaryl/α,β-unsaturated/α-hetero) is 1. The van der Waals surface area contributed by atoms with Crippen molar-refractivity contribution >= 4 is 11.6 Å². The third-order valence-electron chi connectivity index (χ3n) is 6.11. The standard InChI is InChI=1S/C20H17N3O2/c1-18(2)15-5-6-20(11-22)8-12(10-21)14(24)7-16(20)19(15,3)9-13(23-4)17(18)25/h7-9,15H,5-6H2,1-3H3/t15-,19-,20-/m0/s1. The number of ketones is 2. The van der Waals surface area contributed by atoms with Crippen LogP contribution in [0.4, 0.5) is 0 Å². The van der Waals surface area contributed by atoms with Gasteiger partial charge in [-0.25, -0.2) is 4.85 Å². The molecule has 124 valence electrons. The molecule has 0 heterocycles. The lowest BCUT2D eigenvalue weighted by molar-refractivity contribution is -0.130. The summed E-state index contributed by atoms with van der Waals surface area (Å²) in [5.41, 5.74) is -1.91. The minimum atomic E-state index is -1.04. The van der Waals surface area contributed by atoms with Crippen LogP contribution >= 0.6 is 0 Å². The third kappa shape index (κ3) is 1.98. The topological polar surface area (TPSA) is 86.1 Å². The third-order valence-corrected chi connectivity index (χ3v) is 6.11. The van der Waals surface area contributed by atoms with Crippen LogP contribution < -0.4 is 0 Å². The average Bonchev–Trinajstić information content (AvgIpc) is 2.58. The van der Waals surface area contributed by atoms with E-state index < -0.39 is 22.0 Å². The van der Waals surface area contributed by atoms with Gasteiger partial charge in [0.05, 0.1) is 23.6 Å². The second-order valence-corrected chi connectivity index (χ2v) is 7.74. The average molecular weight is 331 g/mol. The molecule has 1 fully saturated rings. The van der Waals surface area contributed by atoms with Crippen LogP contribution in [0.1, 0.15) is 33.6 Å². The molecule has 3 aliphatic carbocycles. The van der Waals surface area contributed by atoms with Gasteiger partial charge in [-0.05, 0) is 36.5 Å². The zero-order valence-electron chi connectivity index (χ0n) is 14.4. The first-order chi connectivity index (χ1) is 11.7. The molecule has 0 aliphatic heterocycles. The highest BCUT2D eigenvalue weighted by Gasteiger charge is 2.59. The summed E-state index contributed by atoms with van der Waals surface area (Å²) in [7, 11) is 0. The zero-order valence-corrected chi connectivity index (χ0v) is 14.4. The van der Waals surface area contributed by atoms with Crippen LogP contribution in [0, 0.1) is 51.4 Å². The number of carbonyl (C=O) groups excluding carboxylic acids is 2. The van der Waals surface area contributed by atoms with E-state index in [4.69, 9.17) is 6.57 Å². The number of allylic oxidation sites excluding steroid dienone is 6. The SMILES string of the molecule is [C-]#[N+]C1=C[C@]2(C)C3=CC(=O)C(C#N)=C[C@]3(C#N)CC[C@H]2C(C)(C)C1=O. The Morgan fingerprint density at radius 2 is 1.92 bits per heavy atom. The van der Waals surface area contributed by atoms with E-state index >= 15 is 0 Å². The van der Waals surface area contributed by atoms with Gasteiger partial charge in [0.1, 0.15) is 6.07 Å². The normalized spacial score (nSPS) is 35.7. The van der Waals surface area contributed by atoms with E-state index in [-0.39, 0.29) is 23.0 Å². The summed E-state index contributed by atoms with van der Waals surface area (Å²) in [5, 5.41) is 19.1. The predicted octanol–water partition coefficient (Wildman–Crippen LogP) is 3.28. The van der Waals surface area contributed by atoms with Gasteiger partial charge in [0, 0.05) is 10.8 Å². The van der Waals surface area contributed by atoms with Crippen molar-refractivity contribution in [2.75, 3.05) is 0 Å². The molecule has 0 aromatic carbocycles. The molecule has 0 unspecified atom stereocenters. The Hall–Kier alpha value is -2.97. The van der Waals surface area contributed by atoms with E-state index in [9.17, 15) is 20.1 Å². The highest BCUT2D eigenvalue weighted by atomic mass is 16.1. The van der Waals surface area contributed by atoms with Crippen molar-refractivity contribution in [1.82, 2.24) is 0 Å². The van der Waals surface area contributed by atoms with Gasteiger partial charge in [0.2, 0.25) is 5.70 Å². The molecule has 1 saturated carbocycles. The summed E-state index contributed by atoms with van der Waals surface area (Å²) in [6.07, 6.45) is 5.55. The number of nitriles is 2. The molecule has 0 radical (unpaired) electrons. The number of hydrogen-bond acceptors (Lipinski definition) is 4. The molecule has 3 atom stereocenters. The fraction of sp³-hybridized carbons (Fsp3) is 0.450. The Labute approximate surface area is 146 Å². The van der Waals surface area contributed by atoms with E-state index in [0.717, 1.165) is 0 Å². The highest BCUT2D eigenvalue weighted by molar-refractivity contribution is 6.09. The second kappa shape index (κ2) is 5.01. The van der Waals surface area contributed by atoms with Crippen LogP contribution in [0.25, 0.3) is 4.85 Å². The van der Waals surface area contributed by atoms with Gasteiger partial charge in [0.15, 0.2) is 11.6 Å². The maximum Gasteiger partial charge on any atom is 0.226 e. The van der Waals surface area contributed by atoms with Gasteiger partial charge in [-0.3, -0.25) is 4.79 Å². The molecule has 0 spiro atoms.